The van der Waals surface area contributed by atoms with Crippen molar-refractivity contribution in [3.63, 3.8) is 0 Å². The van der Waals surface area contributed by atoms with Crippen LogP contribution in [0.15, 0.2) is 152 Å². The van der Waals surface area contributed by atoms with Crippen LogP contribution in [0.25, 0.3) is 61.0 Å². The van der Waals surface area contributed by atoms with E-state index < -0.39 is 40.1 Å². The molecule has 0 atom stereocenters. The molecule has 0 saturated carbocycles. The number of aromatic nitrogens is 2. The van der Waals surface area contributed by atoms with Gasteiger partial charge in [0, 0.05) is 45.9 Å². The molecule has 11 rings (SSSR count). The summed E-state index contributed by atoms with van der Waals surface area (Å²) in [5.41, 5.74) is 11.4. The Morgan fingerprint density at radius 3 is 1.60 bits per heavy atom. The fraction of sp³-hybridized carbons (Fsp3) is 0.284. The predicted octanol–water partition coefficient (Wildman–Crippen LogP) is 21.2. The van der Waals surface area contributed by atoms with Gasteiger partial charge in [0.05, 0.1) is 33.7 Å². The van der Waals surface area contributed by atoms with Crippen molar-refractivity contribution in [2.75, 3.05) is 16.5 Å². The van der Waals surface area contributed by atoms with Gasteiger partial charge in [-0.1, -0.05) is 164 Å². The lowest BCUT2D eigenvalue weighted by Gasteiger charge is -2.32. The maximum Gasteiger partial charge on any atom is 0.200 e. The van der Waals surface area contributed by atoms with E-state index in [2.05, 4.69) is 171 Å². The number of rotatable bonds is 10. The second-order valence-corrected chi connectivity index (χ2v) is 26.6. The Hall–Kier alpha value is -8.24. The first-order valence-corrected chi connectivity index (χ1v) is 29.1. The van der Waals surface area contributed by atoms with E-state index in [1.54, 1.807) is 6.07 Å². The van der Waals surface area contributed by atoms with Gasteiger partial charge in [-0.2, -0.15) is 0 Å². The third kappa shape index (κ3) is 10.3. The molecule has 10 heteroatoms. The third-order valence-electron chi connectivity index (χ3n) is 16.7. The average molecular weight is 1130 g/mol. The van der Waals surface area contributed by atoms with Gasteiger partial charge in [0.25, 0.3) is 0 Å². The number of benzene rings is 8. The van der Waals surface area contributed by atoms with Gasteiger partial charge >= 0.3 is 0 Å². The number of aryl methyl sites for hydroxylation is 2. The molecule has 2 aromatic heterocycles. The van der Waals surface area contributed by atoms with Crippen LogP contribution in [0.2, 0.25) is 0 Å². The Kier molecular flexibility index (Phi) is 14.5. The van der Waals surface area contributed by atoms with Crippen molar-refractivity contribution < 1.29 is 26.7 Å². The normalized spacial score (nSPS) is 13.2. The van der Waals surface area contributed by atoms with Crippen molar-refractivity contribution in [3.05, 3.63) is 214 Å². The van der Waals surface area contributed by atoms with Crippen LogP contribution in [0.5, 0.6) is 11.5 Å². The SMILES string of the molecule is CCc1cccc(CC)c1-c1cc(Oc2ccc3c4ccccc4n(-c4cc(C(C)(C)C)ccn4)c3c2)cc(N2CN(c3c(-c4cc(C(C)(C)C)cc(C(C)(C)C)c4)cc(C(C)(C)C)cc3-c3c(F)c(F)c(F)c(F)c3F)c3ccccc32)c1. The second-order valence-electron chi connectivity index (χ2n) is 26.6. The molecule has 0 unspecified atom stereocenters. The highest BCUT2D eigenvalue weighted by Crippen LogP contribution is 2.54. The highest BCUT2D eigenvalue weighted by atomic mass is 19.2. The van der Waals surface area contributed by atoms with Crippen LogP contribution in [0.3, 0.4) is 0 Å². The number of pyridine rings is 1. The van der Waals surface area contributed by atoms with Gasteiger partial charge in [-0.15, -0.1) is 0 Å². The van der Waals surface area contributed by atoms with Crippen molar-refractivity contribution in [2.24, 2.45) is 0 Å². The van der Waals surface area contributed by atoms with Crippen molar-refractivity contribution in [1.82, 2.24) is 9.55 Å². The molecule has 1 aliphatic heterocycles. The van der Waals surface area contributed by atoms with E-state index in [1.165, 1.54) is 11.1 Å². The van der Waals surface area contributed by atoms with E-state index in [0.29, 0.717) is 28.3 Å². The highest BCUT2D eigenvalue weighted by molar-refractivity contribution is 6.09. The molecule has 0 aliphatic carbocycles. The maximum absolute atomic E-state index is 16.9. The first kappa shape index (κ1) is 57.6. The van der Waals surface area contributed by atoms with Crippen LogP contribution in [-0.2, 0) is 34.5 Å². The maximum atomic E-state index is 16.9. The molecule has 0 fully saturated rings. The number of nitrogens with zero attached hydrogens (tertiary/aromatic N) is 4. The fourth-order valence-corrected chi connectivity index (χ4v) is 11.8. The van der Waals surface area contributed by atoms with E-state index in [4.69, 9.17) is 9.72 Å². The fourth-order valence-electron chi connectivity index (χ4n) is 11.8. The average Bonchev–Trinajstić information content (AvgIpc) is 1.70. The molecular formula is C74H73F5N4O. The van der Waals surface area contributed by atoms with Crippen molar-refractivity contribution in [1.29, 1.82) is 0 Å². The number of hydrogen-bond acceptors (Lipinski definition) is 4. The lowest BCUT2D eigenvalue weighted by molar-refractivity contribution is 0.381. The largest absolute Gasteiger partial charge is 0.457 e. The molecule has 430 valence electrons. The van der Waals surface area contributed by atoms with Crippen molar-refractivity contribution in [2.45, 2.75) is 131 Å². The molecule has 84 heavy (non-hydrogen) atoms. The summed E-state index contributed by atoms with van der Waals surface area (Å²) in [6.45, 7) is 29.7. The number of anilines is 4. The Balaban J connectivity index is 1.15. The van der Waals surface area contributed by atoms with Crippen LogP contribution >= 0.6 is 0 Å². The van der Waals surface area contributed by atoms with Crippen LogP contribution < -0.4 is 14.5 Å². The van der Waals surface area contributed by atoms with E-state index in [-0.39, 0.29) is 34.2 Å². The van der Waals surface area contributed by atoms with Crippen molar-refractivity contribution in [3.8, 4) is 50.7 Å². The topological polar surface area (TPSA) is 33.5 Å². The van der Waals surface area contributed by atoms with Crippen LogP contribution in [0.1, 0.15) is 130 Å². The zero-order chi connectivity index (χ0) is 60.1. The van der Waals surface area contributed by atoms with Gasteiger partial charge in [0.2, 0.25) is 5.82 Å². The molecule has 0 spiro atoms. The Labute approximate surface area is 491 Å². The quantitative estimate of drug-likeness (QED) is 0.0776. The smallest absolute Gasteiger partial charge is 0.200 e. The molecule has 0 N–H and O–H groups in total. The molecule has 0 amide bonds. The summed E-state index contributed by atoms with van der Waals surface area (Å²) in [6, 6.07) is 49.2. The van der Waals surface area contributed by atoms with Crippen LogP contribution in [0.4, 0.5) is 44.7 Å². The summed E-state index contributed by atoms with van der Waals surface area (Å²) < 4.78 is 89.9. The summed E-state index contributed by atoms with van der Waals surface area (Å²) in [5.74, 6) is -8.09. The van der Waals surface area contributed by atoms with Gasteiger partial charge in [0.1, 0.15) is 24.0 Å². The molecule has 0 bridgehead atoms. The van der Waals surface area contributed by atoms with E-state index >= 15 is 22.0 Å². The molecule has 10 aromatic rings. The zero-order valence-electron chi connectivity index (χ0n) is 50.6. The summed E-state index contributed by atoms with van der Waals surface area (Å²) in [6.07, 6.45) is 3.42. The minimum Gasteiger partial charge on any atom is -0.457 e. The number of para-hydroxylation sites is 3. The van der Waals surface area contributed by atoms with Crippen LogP contribution in [-0.4, -0.2) is 16.2 Å². The zero-order valence-corrected chi connectivity index (χ0v) is 50.6. The van der Waals surface area contributed by atoms with E-state index in [0.717, 1.165) is 85.2 Å². The molecule has 1 aliphatic rings. The number of fused-ring (bicyclic) bond motifs is 4. The molecular weight excluding hydrogens is 1060 g/mol. The minimum atomic E-state index is -2.22. The molecule has 3 heterocycles. The summed E-state index contributed by atoms with van der Waals surface area (Å²) in [5, 5.41) is 2.14. The van der Waals surface area contributed by atoms with Crippen molar-refractivity contribution >= 4 is 44.6 Å². The first-order chi connectivity index (χ1) is 39.7. The predicted molar refractivity (Wildman–Crippen MR) is 337 cm³/mol. The summed E-state index contributed by atoms with van der Waals surface area (Å²) in [4.78, 5) is 9.02. The highest BCUT2D eigenvalue weighted by Gasteiger charge is 2.37. The molecule has 0 saturated heterocycles. The van der Waals surface area contributed by atoms with Gasteiger partial charge in [-0.05, 0) is 151 Å². The van der Waals surface area contributed by atoms with Crippen LogP contribution in [0, 0.1) is 29.1 Å². The lowest BCUT2D eigenvalue weighted by atomic mass is 9.77. The Morgan fingerprint density at radius 2 is 0.988 bits per heavy atom. The Morgan fingerprint density at radius 1 is 0.440 bits per heavy atom. The number of ether oxygens (including phenoxy) is 1. The van der Waals surface area contributed by atoms with Gasteiger partial charge in [0.15, 0.2) is 23.3 Å². The Bertz CT molecular complexity index is 4160. The number of halogens is 5. The second kappa shape index (κ2) is 21.1. The number of hydrogen-bond donors (Lipinski definition) is 0. The summed E-state index contributed by atoms with van der Waals surface area (Å²) in [7, 11) is 0. The monoisotopic (exact) mass is 1130 g/mol. The summed E-state index contributed by atoms with van der Waals surface area (Å²) >= 11 is 0. The first-order valence-electron chi connectivity index (χ1n) is 29.1. The van der Waals surface area contributed by atoms with E-state index in [9.17, 15) is 0 Å². The van der Waals surface area contributed by atoms with Gasteiger partial charge in [-0.25, -0.2) is 26.9 Å². The molecule has 5 nitrogen and oxygen atoms in total. The van der Waals surface area contributed by atoms with Gasteiger partial charge < -0.3 is 14.5 Å². The minimum absolute atomic E-state index is 0.0698. The molecule has 0 radical (unpaired) electrons. The van der Waals surface area contributed by atoms with Gasteiger partial charge in [-0.3, -0.25) is 4.57 Å². The van der Waals surface area contributed by atoms with E-state index in [1.807, 2.05) is 86.5 Å². The third-order valence-corrected chi connectivity index (χ3v) is 16.7. The lowest BCUT2D eigenvalue weighted by Crippen LogP contribution is -2.26. The standard InChI is InChI=1S/C74H73F5N4O/c1-15-43-22-21-23-44(16-2)63(43)46-34-51(40-53(35-46)84-52-28-29-55-54-24-17-18-25-58(54)83(61(55)41-52)62-39-47(30-31-80-62)71(3,4)5)81-42-82(60-27-20-19-26-59(60)81)70-56(45-32-48(72(6,7)8)36-49(33-45)73(9,10)11)37-50(74(12,13)14)38-57(70)64-65(75)67(77)69(79)68(78)66(64)76/h17-41H,15-16,42H2,1-14H3. The molecule has 8 aromatic carbocycles.